The lowest BCUT2D eigenvalue weighted by Crippen LogP contribution is -2.52. The Balaban J connectivity index is 2.06. The number of piperidine rings is 1. The molecule has 1 atom stereocenters. The molecule has 1 aliphatic heterocycles. The van der Waals surface area contributed by atoms with E-state index in [0.717, 1.165) is 15.6 Å². The van der Waals surface area contributed by atoms with Gasteiger partial charge in [-0.2, -0.15) is 17.0 Å². The first-order valence-electron chi connectivity index (χ1n) is 6.91. The highest BCUT2D eigenvalue weighted by Gasteiger charge is 2.38. The van der Waals surface area contributed by atoms with Crippen LogP contribution in [-0.2, 0) is 21.4 Å². The molecule has 1 N–H and O–H groups in total. The molecule has 2 rings (SSSR count). The van der Waals surface area contributed by atoms with Gasteiger partial charge in [0.2, 0.25) is 0 Å². The molecular formula is C13H20N2O4S2. The number of thiophene rings is 1. The van der Waals surface area contributed by atoms with Crippen LogP contribution in [0.4, 0.5) is 0 Å². The van der Waals surface area contributed by atoms with E-state index in [-0.39, 0.29) is 6.54 Å². The fraction of sp³-hybridized carbons (Fsp3) is 0.615. The van der Waals surface area contributed by atoms with Gasteiger partial charge in [-0.3, -0.25) is 4.79 Å². The van der Waals surface area contributed by atoms with Gasteiger partial charge in [0, 0.05) is 25.0 Å². The van der Waals surface area contributed by atoms with Crippen molar-refractivity contribution in [1.29, 1.82) is 0 Å². The van der Waals surface area contributed by atoms with E-state index in [1.807, 2.05) is 17.5 Å². The van der Waals surface area contributed by atoms with Crippen LogP contribution >= 0.6 is 11.3 Å². The molecule has 0 amide bonds. The molecule has 1 unspecified atom stereocenters. The van der Waals surface area contributed by atoms with E-state index < -0.39 is 22.2 Å². The second kappa shape index (κ2) is 6.87. The van der Waals surface area contributed by atoms with Crippen LogP contribution in [0.5, 0.6) is 0 Å². The van der Waals surface area contributed by atoms with E-state index in [1.165, 1.54) is 11.4 Å². The molecule has 0 spiro atoms. The Morgan fingerprint density at radius 2 is 2.29 bits per heavy atom. The van der Waals surface area contributed by atoms with Crippen LogP contribution < -0.4 is 0 Å². The summed E-state index contributed by atoms with van der Waals surface area (Å²) in [6.45, 7) is 0.633. The Morgan fingerprint density at radius 1 is 1.52 bits per heavy atom. The number of hydrogen-bond donors (Lipinski definition) is 1. The molecule has 0 bridgehead atoms. The van der Waals surface area contributed by atoms with Crippen molar-refractivity contribution in [2.45, 2.75) is 31.7 Å². The van der Waals surface area contributed by atoms with Gasteiger partial charge in [0.15, 0.2) is 0 Å². The third kappa shape index (κ3) is 3.82. The number of likely N-dealkylation sites (N-methyl/N-ethyl adjacent to an activating group) is 1. The summed E-state index contributed by atoms with van der Waals surface area (Å²) in [5.41, 5.74) is 0. The van der Waals surface area contributed by atoms with Crippen LogP contribution in [0.25, 0.3) is 0 Å². The molecule has 1 saturated heterocycles. The Hall–Kier alpha value is -0.960. The predicted molar refractivity (Wildman–Crippen MR) is 81.6 cm³/mol. The molecule has 1 aromatic rings. The summed E-state index contributed by atoms with van der Waals surface area (Å²) in [4.78, 5) is 12.4. The molecule has 0 radical (unpaired) electrons. The summed E-state index contributed by atoms with van der Waals surface area (Å²) in [5.74, 6) is -1.06. The van der Waals surface area contributed by atoms with Gasteiger partial charge in [-0.1, -0.05) is 6.07 Å². The zero-order valence-corrected chi connectivity index (χ0v) is 13.6. The quantitative estimate of drug-likeness (QED) is 0.854. The molecule has 21 heavy (non-hydrogen) atoms. The van der Waals surface area contributed by atoms with Gasteiger partial charge in [-0.25, -0.2) is 0 Å². The highest BCUT2D eigenvalue weighted by Crippen LogP contribution is 2.22. The van der Waals surface area contributed by atoms with E-state index in [2.05, 4.69) is 0 Å². The van der Waals surface area contributed by atoms with E-state index in [4.69, 9.17) is 0 Å². The summed E-state index contributed by atoms with van der Waals surface area (Å²) < 4.78 is 27.5. The molecule has 1 aromatic heterocycles. The predicted octanol–water partition coefficient (Wildman–Crippen LogP) is 1.41. The maximum atomic E-state index is 12.6. The van der Waals surface area contributed by atoms with Crippen LogP contribution in [0.1, 0.15) is 24.1 Å². The SMILES string of the molecule is CN(CCc1cccs1)S(=O)(=O)N1CCCCC1C(=O)O. The van der Waals surface area contributed by atoms with Gasteiger partial charge in [0.25, 0.3) is 10.2 Å². The molecule has 1 aliphatic rings. The first kappa shape index (κ1) is 16.4. The number of carbonyl (C=O) groups is 1. The fourth-order valence-corrected chi connectivity index (χ4v) is 4.70. The van der Waals surface area contributed by atoms with Crippen molar-refractivity contribution in [1.82, 2.24) is 8.61 Å². The van der Waals surface area contributed by atoms with E-state index in [1.54, 1.807) is 11.3 Å². The van der Waals surface area contributed by atoms with E-state index in [9.17, 15) is 18.3 Å². The first-order chi connectivity index (χ1) is 9.93. The number of hydrogen-bond acceptors (Lipinski definition) is 4. The standard InChI is InChI=1S/C13H20N2O4S2/c1-14(9-7-11-5-4-10-20-11)21(18,19)15-8-3-2-6-12(15)13(16)17/h4-5,10,12H,2-3,6-9H2,1H3,(H,16,17). The molecular weight excluding hydrogens is 312 g/mol. The molecule has 8 heteroatoms. The third-order valence-corrected chi connectivity index (χ3v) is 6.62. The second-order valence-corrected chi connectivity index (χ2v) is 8.14. The van der Waals surface area contributed by atoms with Crippen LogP contribution in [-0.4, -0.2) is 54.3 Å². The Morgan fingerprint density at radius 3 is 2.90 bits per heavy atom. The molecule has 0 aliphatic carbocycles. The number of nitrogens with zero attached hydrogens (tertiary/aromatic N) is 2. The van der Waals surface area contributed by atoms with Crippen LogP contribution in [0, 0.1) is 0 Å². The van der Waals surface area contributed by atoms with Crippen molar-refractivity contribution in [2.75, 3.05) is 20.1 Å². The normalized spacial score (nSPS) is 20.8. The van der Waals surface area contributed by atoms with Gasteiger partial charge in [0.05, 0.1) is 0 Å². The van der Waals surface area contributed by atoms with E-state index in [0.29, 0.717) is 25.8 Å². The third-order valence-electron chi connectivity index (χ3n) is 3.68. The minimum Gasteiger partial charge on any atom is -0.480 e. The zero-order valence-electron chi connectivity index (χ0n) is 11.9. The van der Waals surface area contributed by atoms with Gasteiger partial charge >= 0.3 is 5.97 Å². The largest absolute Gasteiger partial charge is 0.480 e. The maximum Gasteiger partial charge on any atom is 0.322 e. The molecule has 2 heterocycles. The zero-order chi connectivity index (χ0) is 15.5. The lowest BCUT2D eigenvalue weighted by Gasteiger charge is -2.34. The summed E-state index contributed by atoms with van der Waals surface area (Å²) in [6, 6.07) is 2.96. The first-order valence-corrected chi connectivity index (χ1v) is 9.19. The van der Waals surface area contributed by atoms with Gasteiger partial charge < -0.3 is 5.11 Å². The minimum atomic E-state index is -3.72. The molecule has 1 fully saturated rings. The number of carboxylic acid groups (broad SMARTS) is 1. The topological polar surface area (TPSA) is 77.9 Å². The van der Waals surface area contributed by atoms with Crippen molar-refractivity contribution in [3.05, 3.63) is 22.4 Å². The number of rotatable bonds is 6. The summed E-state index contributed by atoms with van der Waals surface area (Å²) >= 11 is 1.59. The van der Waals surface area contributed by atoms with E-state index >= 15 is 0 Å². The smallest absolute Gasteiger partial charge is 0.322 e. The molecule has 0 aromatic carbocycles. The van der Waals surface area contributed by atoms with Crippen LogP contribution in [0.2, 0.25) is 0 Å². The van der Waals surface area contributed by atoms with Gasteiger partial charge in [0.1, 0.15) is 6.04 Å². The Bertz CT molecular complexity index is 571. The van der Waals surface area contributed by atoms with Crippen LogP contribution in [0.3, 0.4) is 0 Å². The summed E-state index contributed by atoms with van der Waals surface area (Å²) in [6.07, 6.45) is 2.48. The average Bonchev–Trinajstić information content (AvgIpc) is 2.97. The highest BCUT2D eigenvalue weighted by molar-refractivity contribution is 7.86. The monoisotopic (exact) mass is 332 g/mol. The number of carboxylic acids is 1. The van der Waals surface area contributed by atoms with Crippen molar-refractivity contribution in [3.8, 4) is 0 Å². The maximum absolute atomic E-state index is 12.6. The minimum absolute atomic E-state index is 0.280. The van der Waals surface area contributed by atoms with Crippen molar-refractivity contribution < 1.29 is 18.3 Å². The van der Waals surface area contributed by atoms with Gasteiger partial charge in [-0.15, -0.1) is 11.3 Å². The fourth-order valence-electron chi connectivity index (χ4n) is 2.44. The lowest BCUT2D eigenvalue weighted by atomic mass is 10.1. The molecule has 118 valence electrons. The van der Waals surface area contributed by atoms with Crippen LogP contribution in [0.15, 0.2) is 17.5 Å². The van der Waals surface area contributed by atoms with Crippen molar-refractivity contribution >= 4 is 27.5 Å². The summed E-state index contributed by atoms with van der Waals surface area (Å²) in [7, 11) is -2.21. The highest BCUT2D eigenvalue weighted by atomic mass is 32.2. The van der Waals surface area contributed by atoms with Crippen molar-refractivity contribution in [3.63, 3.8) is 0 Å². The average molecular weight is 332 g/mol. The molecule has 0 saturated carbocycles. The lowest BCUT2D eigenvalue weighted by molar-refractivity contribution is -0.142. The van der Waals surface area contributed by atoms with Gasteiger partial charge in [-0.05, 0) is 37.1 Å². The van der Waals surface area contributed by atoms with Crippen molar-refractivity contribution in [2.24, 2.45) is 0 Å². The summed E-state index contributed by atoms with van der Waals surface area (Å²) in [5, 5.41) is 11.2. The Kier molecular flexibility index (Phi) is 5.37. The Labute approximate surface area is 129 Å². The second-order valence-electron chi connectivity index (χ2n) is 5.12. The number of aliphatic carboxylic acids is 1. The molecule has 6 nitrogen and oxygen atoms in total.